The Labute approximate surface area is 219 Å². The van der Waals surface area contributed by atoms with E-state index in [1.807, 2.05) is 13.8 Å². The highest BCUT2D eigenvalue weighted by atomic mass is 16.6. The van der Waals surface area contributed by atoms with E-state index in [2.05, 4.69) is 0 Å². The molecule has 1 aromatic rings. The topological polar surface area (TPSA) is 131 Å². The van der Waals surface area contributed by atoms with E-state index in [9.17, 15) is 19.2 Å². The Morgan fingerprint density at radius 1 is 0.865 bits per heavy atom. The quantitative estimate of drug-likeness (QED) is 0.297. The summed E-state index contributed by atoms with van der Waals surface area (Å²) in [5.74, 6) is -1.65. The zero-order valence-electron chi connectivity index (χ0n) is 22.5. The van der Waals surface area contributed by atoms with Crippen molar-refractivity contribution in [1.82, 2.24) is 0 Å². The smallest absolute Gasteiger partial charge is 0.323 e. The first-order valence-corrected chi connectivity index (χ1v) is 13.3. The minimum absolute atomic E-state index is 0.0915. The second-order valence-electron chi connectivity index (χ2n) is 9.66. The van der Waals surface area contributed by atoms with Gasteiger partial charge in [-0.15, -0.1) is 0 Å². The third-order valence-corrected chi connectivity index (χ3v) is 6.33. The third-order valence-electron chi connectivity index (χ3n) is 6.33. The summed E-state index contributed by atoms with van der Waals surface area (Å²) < 4.78 is 21.8. The van der Waals surface area contributed by atoms with Crippen molar-refractivity contribution in [3.05, 3.63) is 23.8 Å². The molecule has 1 aliphatic rings. The van der Waals surface area contributed by atoms with Gasteiger partial charge in [0.25, 0.3) is 0 Å². The third kappa shape index (κ3) is 10.1. The van der Waals surface area contributed by atoms with Crippen LogP contribution in [0.25, 0.3) is 0 Å². The van der Waals surface area contributed by atoms with Crippen LogP contribution in [0.5, 0.6) is 11.5 Å². The summed E-state index contributed by atoms with van der Waals surface area (Å²) >= 11 is 0. The maximum Gasteiger partial charge on any atom is 0.323 e. The molecular formula is C28H41NO8. The fourth-order valence-electron chi connectivity index (χ4n) is 4.02. The van der Waals surface area contributed by atoms with E-state index in [4.69, 9.17) is 24.7 Å². The molecule has 0 unspecified atom stereocenters. The molecule has 0 spiro atoms. The van der Waals surface area contributed by atoms with Gasteiger partial charge in [0.2, 0.25) is 0 Å². The maximum absolute atomic E-state index is 12.6. The molecule has 1 fully saturated rings. The van der Waals surface area contributed by atoms with Crippen molar-refractivity contribution in [3.63, 3.8) is 0 Å². The molecule has 0 radical (unpaired) electrons. The van der Waals surface area contributed by atoms with E-state index in [0.717, 1.165) is 32.1 Å². The fourth-order valence-corrected chi connectivity index (χ4v) is 4.02. The Balaban J connectivity index is 1.99. The average molecular weight is 520 g/mol. The SMILES string of the molecule is CCCC(=O)Oc1ccc(C[C@H](N)C(=O)O[C@@H](C)[C@H](C)OC(=O)C2CCCCC2)cc1OC(=O)CCC. The lowest BCUT2D eigenvalue weighted by molar-refractivity contribution is -0.169. The van der Waals surface area contributed by atoms with Crippen LogP contribution in [0.15, 0.2) is 18.2 Å². The Bertz CT molecular complexity index is 925. The van der Waals surface area contributed by atoms with Crippen LogP contribution in [0.3, 0.4) is 0 Å². The molecule has 9 nitrogen and oxygen atoms in total. The predicted molar refractivity (Wildman–Crippen MR) is 137 cm³/mol. The number of nitrogens with two attached hydrogens (primary N) is 1. The number of esters is 4. The number of carbonyl (C=O) groups is 4. The van der Waals surface area contributed by atoms with Gasteiger partial charge in [0.15, 0.2) is 11.5 Å². The van der Waals surface area contributed by atoms with Gasteiger partial charge in [0, 0.05) is 12.8 Å². The lowest BCUT2D eigenvalue weighted by atomic mass is 9.89. The van der Waals surface area contributed by atoms with Crippen molar-refractivity contribution in [2.24, 2.45) is 11.7 Å². The second-order valence-corrected chi connectivity index (χ2v) is 9.66. The molecule has 9 heteroatoms. The van der Waals surface area contributed by atoms with E-state index < -0.39 is 36.2 Å². The molecule has 0 bridgehead atoms. The highest BCUT2D eigenvalue weighted by Gasteiger charge is 2.28. The highest BCUT2D eigenvalue weighted by molar-refractivity contribution is 5.77. The van der Waals surface area contributed by atoms with Crippen molar-refractivity contribution in [2.45, 2.75) is 110 Å². The number of ether oxygens (including phenoxy) is 4. The van der Waals surface area contributed by atoms with Crippen LogP contribution in [0.4, 0.5) is 0 Å². The molecule has 1 aromatic carbocycles. The Kier molecular flexibility index (Phi) is 12.6. The van der Waals surface area contributed by atoms with Crippen molar-refractivity contribution in [1.29, 1.82) is 0 Å². The number of benzene rings is 1. The normalized spacial score (nSPS) is 16.2. The van der Waals surface area contributed by atoms with Gasteiger partial charge in [-0.3, -0.25) is 19.2 Å². The predicted octanol–water partition coefficient (Wildman–Crippen LogP) is 4.41. The zero-order valence-corrected chi connectivity index (χ0v) is 22.5. The first-order chi connectivity index (χ1) is 17.6. The van der Waals surface area contributed by atoms with Gasteiger partial charge in [-0.05, 0) is 63.6 Å². The van der Waals surface area contributed by atoms with E-state index >= 15 is 0 Å². The molecule has 0 heterocycles. The molecule has 206 valence electrons. The molecule has 3 atom stereocenters. The minimum Gasteiger partial charge on any atom is -0.459 e. The van der Waals surface area contributed by atoms with Crippen LogP contribution < -0.4 is 15.2 Å². The van der Waals surface area contributed by atoms with Crippen LogP contribution >= 0.6 is 0 Å². The number of rotatable bonds is 13. The molecule has 0 aromatic heterocycles. The van der Waals surface area contributed by atoms with Crippen molar-refractivity contribution < 1.29 is 38.1 Å². The van der Waals surface area contributed by atoms with Crippen LogP contribution in [0.2, 0.25) is 0 Å². The Morgan fingerprint density at radius 2 is 1.43 bits per heavy atom. The van der Waals surface area contributed by atoms with Gasteiger partial charge < -0.3 is 24.7 Å². The van der Waals surface area contributed by atoms with Crippen LogP contribution in [0, 0.1) is 5.92 Å². The summed E-state index contributed by atoms with van der Waals surface area (Å²) in [6.45, 7) is 7.06. The summed E-state index contributed by atoms with van der Waals surface area (Å²) in [4.78, 5) is 49.1. The summed E-state index contributed by atoms with van der Waals surface area (Å²) in [7, 11) is 0. The van der Waals surface area contributed by atoms with E-state index in [1.165, 1.54) is 12.1 Å². The lowest BCUT2D eigenvalue weighted by Gasteiger charge is -2.26. The summed E-state index contributed by atoms with van der Waals surface area (Å²) in [6, 6.07) is 3.70. The molecule has 0 aliphatic heterocycles. The highest BCUT2D eigenvalue weighted by Crippen LogP contribution is 2.30. The van der Waals surface area contributed by atoms with Crippen molar-refractivity contribution in [2.75, 3.05) is 0 Å². The second kappa shape index (κ2) is 15.3. The molecule has 2 rings (SSSR count). The Hall–Kier alpha value is -2.94. The van der Waals surface area contributed by atoms with Crippen LogP contribution in [0.1, 0.15) is 91.0 Å². The first kappa shape index (κ1) is 30.3. The molecule has 2 N–H and O–H groups in total. The van der Waals surface area contributed by atoms with Gasteiger partial charge >= 0.3 is 23.9 Å². The molecule has 37 heavy (non-hydrogen) atoms. The van der Waals surface area contributed by atoms with E-state index in [1.54, 1.807) is 19.9 Å². The largest absolute Gasteiger partial charge is 0.459 e. The van der Waals surface area contributed by atoms with Gasteiger partial charge in [-0.25, -0.2) is 0 Å². The monoisotopic (exact) mass is 519 g/mol. The molecule has 0 amide bonds. The summed E-state index contributed by atoms with van der Waals surface area (Å²) in [6.07, 6.45) is 5.34. The van der Waals surface area contributed by atoms with Gasteiger partial charge in [-0.2, -0.15) is 0 Å². The average Bonchev–Trinajstić information content (AvgIpc) is 2.86. The molecular weight excluding hydrogens is 478 g/mol. The van der Waals surface area contributed by atoms with Gasteiger partial charge in [0.1, 0.15) is 18.2 Å². The molecule has 0 saturated heterocycles. The standard InChI is InChI=1S/C28H41NO8/c1-5-10-25(30)36-23-15-14-20(17-24(23)37-26(31)11-6-2)16-22(29)28(33)35-19(4)18(3)34-27(32)21-12-8-7-9-13-21/h14-15,17-19,21-22H,5-13,16,29H2,1-4H3/t18-,19-,22-/m0/s1. The molecule has 1 saturated carbocycles. The van der Waals surface area contributed by atoms with Crippen LogP contribution in [-0.4, -0.2) is 42.1 Å². The fraction of sp³-hybridized carbons (Fsp3) is 0.643. The minimum atomic E-state index is -1.00. The van der Waals surface area contributed by atoms with Gasteiger partial charge in [-0.1, -0.05) is 39.2 Å². The lowest BCUT2D eigenvalue weighted by Crippen LogP contribution is -2.40. The molecule has 1 aliphatic carbocycles. The number of carbonyl (C=O) groups excluding carboxylic acids is 4. The van der Waals surface area contributed by atoms with Crippen molar-refractivity contribution >= 4 is 23.9 Å². The van der Waals surface area contributed by atoms with E-state index in [-0.39, 0.29) is 42.6 Å². The number of hydrogen-bond donors (Lipinski definition) is 1. The Morgan fingerprint density at radius 3 is 2.03 bits per heavy atom. The first-order valence-electron chi connectivity index (χ1n) is 13.3. The van der Waals surface area contributed by atoms with E-state index in [0.29, 0.717) is 18.4 Å². The maximum atomic E-state index is 12.6. The number of hydrogen-bond acceptors (Lipinski definition) is 9. The van der Waals surface area contributed by atoms with Gasteiger partial charge in [0.05, 0.1) is 5.92 Å². The van der Waals surface area contributed by atoms with Crippen molar-refractivity contribution in [3.8, 4) is 11.5 Å². The summed E-state index contributed by atoms with van der Waals surface area (Å²) in [5, 5.41) is 0. The summed E-state index contributed by atoms with van der Waals surface area (Å²) in [5.41, 5.74) is 6.70. The zero-order chi connectivity index (χ0) is 27.4. The van der Waals surface area contributed by atoms with Crippen LogP contribution in [-0.2, 0) is 35.1 Å².